The van der Waals surface area contributed by atoms with Crippen molar-refractivity contribution in [3.63, 3.8) is 0 Å². The summed E-state index contributed by atoms with van der Waals surface area (Å²) in [5.41, 5.74) is 3.18. The van der Waals surface area contributed by atoms with E-state index in [-0.39, 0.29) is 12.1 Å². The van der Waals surface area contributed by atoms with Crippen LogP contribution < -0.4 is 5.48 Å². The molecule has 7 heteroatoms. The summed E-state index contributed by atoms with van der Waals surface area (Å²) in [6, 6.07) is 6.77. The van der Waals surface area contributed by atoms with Gasteiger partial charge in [-0.05, 0) is 52.3 Å². The van der Waals surface area contributed by atoms with Crippen LogP contribution in [-0.2, 0) is 24.6 Å². The van der Waals surface area contributed by atoms with Crippen LogP contribution in [-0.4, -0.2) is 24.7 Å². The van der Waals surface area contributed by atoms with Crippen LogP contribution in [0.5, 0.6) is 0 Å². The fraction of sp³-hybridized carbons (Fsp3) is 0.562. The maximum Gasteiger partial charge on any atom is 0.335 e. The van der Waals surface area contributed by atoms with E-state index in [1.54, 1.807) is 38.1 Å². The zero-order valence-corrected chi connectivity index (χ0v) is 15.3. The summed E-state index contributed by atoms with van der Waals surface area (Å²) >= 11 is 0. The Morgan fingerprint density at radius 1 is 1.09 bits per heavy atom. The van der Waals surface area contributed by atoms with Gasteiger partial charge >= 0.3 is 7.60 Å². The number of hydrogen-bond acceptors (Lipinski definition) is 5. The number of amides is 1. The molecule has 0 radical (unpaired) electrons. The molecule has 0 unspecified atom stereocenters. The maximum atomic E-state index is 12.5. The van der Waals surface area contributed by atoms with Gasteiger partial charge in [-0.3, -0.25) is 14.2 Å². The summed E-state index contributed by atoms with van der Waals surface area (Å²) in [5, 5.41) is 0. The molecular weight excluding hydrogens is 317 g/mol. The second-order valence-corrected chi connectivity index (χ2v) is 8.00. The van der Waals surface area contributed by atoms with E-state index in [1.165, 1.54) is 0 Å². The third-order valence-electron chi connectivity index (χ3n) is 2.69. The van der Waals surface area contributed by atoms with Gasteiger partial charge < -0.3 is 9.05 Å². The smallest absolute Gasteiger partial charge is 0.309 e. The van der Waals surface area contributed by atoms with Crippen LogP contribution in [0.3, 0.4) is 0 Å². The first-order chi connectivity index (χ1) is 10.7. The lowest BCUT2D eigenvalue weighted by molar-refractivity contribution is -0.0589. The van der Waals surface area contributed by atoms with Crippen molar-refractivity contribution in [3.8, 4) is 0 Å². The Kier molecular flexibility index (Phi) is 7.42. The molecule has 0 heterocycles. The fourth-order valence-corrected chi connectivity index (χ4v) is 3.47. The van der Waals surface area contributed by atoms with Crippen LogP contribution in [0.25, 0.3) is 0 Å². The molecule has 0 bridgehead atoms. The number of carbonyl (C=O) groups excluding carboxylic acids is 1. The number of nitrogens with one attached hydrogen (secondary N) is 1. The maximum absolute atomic E-state index is 12.5. The van der Waals surface area contributed by atoms with Gasteiger partial charge in [0.25, 0.3) is 5.91 Å². The van der Waals surface area contributed by atoms with E-state index < -0.39 is 13.2 Å². The first-order valence-corrected chi connectivity index (χ1v) is 9.37. The van der Waals surface area contributed by atoms with Gasteiger partial charge in [0.1, 0.15) is 0 Å². The van der Waals surface area contributed by atoms with Crippen molar-refractivity contribution < 1.29 is 23.2 Å². The average molecular weight is 343 g/mol. The summed E-state index contributed by atoms with van der Waals surface area (Å²) in [4.78, 5) is 17.2. The number of hydroxylamine groups is 1. The number of rotatable bonds is 8. The zero-order valence-electron chi connectivity index (χ0n) is 14.4. The molecule has 130 valence electrons. The van der Waals surface area contributed by atoms with Gasteiger partial charge in [-0.1, -0.05) is 12.1 Å². The van der Waals surface area contributed by atoms with E-state index in [0.717, 1.165) is 5.56 Å². The van der Waals surface area contributed by atoms with Gasteiger partial charge in [0, 0.05) is 5.56 Å². The van der Waals surface area contributed by atoms with Gasteiger partial charge in [0.2, 0.25) is 0 Å². The first-order valence-electron chi connectivity index (χ1n) is 7.64. The molecule has 0 aliphatic carbocycles. The number of benzene rings is 1. The van der Waals surface area contributed by atoms with Gasteiger partial charge in [0.05, 0.1) is 25.0 Å². The molecule has 1 aromatic carbocycles. The van der Waals surface area contributed by atoms with Crippen molar-refractivity contribution in [3.05, 3.63) is 35.4 Å². The number of carbonyl (C=O) groups is 1. The highest BCUT2D eigenvalue weighted by atomic mass is 31.2. The third kappa shape index (κ3) is 7.27. The van der Waals surface area contributed by atoms with Crippen LogP contribution in [0.2, 0.25) is 0 Å². The van der Waals surface area contributed by atoms with Crippen LogP contribution in [0.1, 0.15) is 50.5 Å². The monoisotopic (exact) mass is 343 g/mol. The lowest BCUT2D eigenvalue weighted by Crippen LogP contribution is -2.33. The van der Waals surface area contributed by atoms with Crippen LogP contribution in [0, 0.1) is 0 Å². The third-order valence-corrected chi connectivity index (χ3v) is 4.75. The summed E-state index contributed by atoms with van der Waals surface area (Å²) in [5.74, 6) is -0.329. The molecule has 0 aromatic heterocycles. The van der Waals surface area contributed by atoms with Crippen molar-refractivity contribution in [2.24, 2.45) is 0 Å². The molecule has 23 heavy (non-hydrogen) atoms. The summed E-state index contributed by atoms with van der Waals surface area (Å²) in [6.45, 7) is 9.71. The first kappa shape index (κ1) is 19.8. The molecule has 1 N–H and O–H groups in total. The Balaban J connectivity index is 2.72. The molecule has 1 aromatic rings. The van der Waals surface area contributed by atoms with Crippen molar-refractivity contribution in [2.75, 3.05) is 13.2 Å². The van der Waals surface area contributed by atoms with E-state index in [4.69, 9.17) is 13.9 Å². The van der Waals surface area contributed by atoms with Gasteiger partial charge in [0.15, 0.2) is 0 Å². The Hall–Kier alpha value is -1.20. The predicted octanol–water partition coefficient (Wildman–Crippen LogP) is 3.91. The fourth-order valence-electron chi connectivity index (χ4n) is 1.77. The lowest BCUT2D eigenvalue weighted by Gasteiger charge is -2.19. The molecule has 0 spiro atoms. The Morgan fingerprint density at radius 2 is 1.61 bits per heavy atom. The molecule has 0 saturated carbocycles. The Labute approximate surface area is 138 Å². The van der Waals surface area contributed by atoms with Gasteiger partial charge in [-0.2, -0.15) is 0 Å². The molecule has 1 amide bonds. The normalized spacial score (nSPS) is 12.2. The Morgan fingerprint density at radius 3 is 2.04 bits per heavy atom. The molecule has 0 aliphatic rings. The van der Waals surface area contributed by atoms with Gasteiger partial charge in [-0.15, -0.1) is 0 Å². The summed E-state index contributed by atoms with van der Waals surface area (Å²) in [6.07, 6.45) is 0.176. The molecule has 0 aliphatic heterocycles. The van der Waals surface area contributed by atoms with E-state index >= 15 is 0 Å². The highest BCUT2D eigenvalue weighted by molar-refractivity contribution is 7.53. The predicted molar refractivity (Wildman–Crippen MR) is 89.3 cm³/mol. The second-order valence-electron chi connectivity index (χ2n) is 5.95. The molecule has 0 fully saturated rings. The standard InChI is InChI=1S/C16H26NO5P/c1-6-20-23(19,21-7-2)12-13-8-10-14(11-9-13)15(18)17-22-16(3,4)5/h8-11H,6-7,12H2,1-5H3,(H,17,18). The topological polar surface area (TPSA) is 73.9 Å². The van der Waals surface area contributed by atoms with E-state index in [1.807, 2.05) is 20.8 Å². The molecule has 0 atom stereocenters. The molecule has 1 rings (SSSR count). The second kappa shape index (κ2) is 8.60. The molecule has 6 nitrogen and oxygen atoms in total. The van der Waals surface area contributed by atoms with Crippen LogP contribution >= 0.6 is 7.60 Å². The lowest BCUT2D eigenvalue weighted by atomic mass is 10.1. The molecule has 0 saturated heterocycles. The van der Waals surface area contributed by atoms with E-state index in [9.17, 15) is 9.36 Å². The zero-order chi connectivity index (χ0) is 17.5. The minimum Gasteiger partial charge on any atom is -0.309 e. The minimum atomic E-state index is -3.14. The average Bonchev–Trinajstić information content (AvgIpc) is 2.45. The van der Waals surface area contributed by atoms with Crippen molar-refractivity contribution in [2.45, 2.75) is 46.4 Å². The SMILES string of the molecule is CCOP(=O)(Cc1ccc(C(=O)NOC(C)(C)C)cc1)OCC. The van der Waals surface area contributed by atoms with Gasteiger partial charge in [-0.25, -0.2) is 5.48 Å². The van der Waals surface area contributed by atoms with Crippen molar-refractivity contribution in [1.82, 2.24) is 5.48 Å². The van der Waals surface area contributed by atoms with E-state index in [2.05, 4.69) is 5.48 Å². The highest BCUT2D eigenvalue weighted by Crippen LogP contribution is 2.51. The summed E-state index contributed by atoms with van der Waals surface area (Å²) in [7, 11) is -3.14. The van der Waals surface area contributed by atoms with Crippen molar-refractivity contribution >= 4 is 13.5 Å². The van der Waals surface area contributed by atoms with Crippen LogP contribution in [0.4, 0.5) is 0 Å². The van der Waals surface area contributed by atoms with Crippen LogP contribution in [0.15, 0.2) is 24.3 Å². The summed E-state index contributed by atoms with van der Waals surface area (Å²) < 4.78 is 23.0. The number of hydrogen-bond donors (Lipinski definition) is 1. The van der Waals surface area contributed by atoms with Crippen molar-refractivity contribution in [1.29, 1.82) is 0 Å². The quantitative estimate of drug-likeness (QED) is 0.572. The van der Waals surface area contributed by atoms with E-state index in [0.29, 0.717) is 18.8 Å². The minimum absolute atomic E-state index is 0.176. The largest absolute Gasteiger partial charge is 0.335 e. The Bertz CT molecular complexity index is 541. The highest BCUT2D eigenvalue weighted by Gasteiger charge is 2.24. The molecular formula is C16H26NO5P.